The zero-order chi connectivity index (χ0) is 13.0. The van der Waals surface area contributed by atoms with Crippen LogP contribution in [0.4, 0.5) is 4.39 Å². The van der Waals surface area contributed by atoms with Crippen LogP contribution in [0.3, 0.4) is 0 Å². The van der Waals surface area contributed by atoms with Crippen molar-refractivity contribution in [3.63, 3.8) is 0 Å². The first-order valence-corrected chi connectivity index (χ1v) is 5.27. The maximum absolute atomic E-state index is 13.7. The molecule has 0 bridgehead atoms. The molecule has 0 radical (unpaired) electrons. The van der Waals surface area contributed by atoms with Crippen LogP contribution in [-0.2, 0) is 4.79 Å². The average molecular weight is 241 g/mol. The van der Waals surface area contributed by atoms with E-state index in [0.29, 0.717) is 16.9 Å². The van der Waals surface area contributed by atoms with Gasteiger partial charge in [-0.3, -0.25) is 4.79 Å². The summed E-state index contributed by atoms with van der Waals surface area (Å²) in [6, 6.07) is 2.17. The molecule has 94 valence electrons. The average Bonchev–Trinajstić information content (AvgIpc) is 2.26. The predicted molar refractivity (Wildman–Crippen MR) is 61.5 cm³/mol. The SMILES string of the molecule is COc1ccc(F)c(C(N)CCC(=O)O)c1C. The molecule has 1 aromatic carbocycles. The highest BCUT2D eigenvalue weighted by molar-refractivity contribution is 5.66. The summed E-state index contributed by atoms with van der Waals surface area (Å²) >= 11 is 0. The molecule has 0 spiro atoms. The molecule has 1 aromatic rings. The third kappa shape index (κ3) is 3.17. The molecule has 0 saturated carbocycles. The van der Waals surface area contributed by atoms with Crippen molar-refractivity contribution >= 4 is 5.97 Å². The smallest absolute Gasteiger partial charge is 0.303 e. The first kappa shape index (κ1) is 13.4. The lowest BCUT2D eigenvalue weighted by atomic mass is 9.97. The number of methoxy groups -OCH3 is 1. The predicted octanol–water partition coefficient (Wildman–Crippen LogP) is 2.01. The molecular weight excluding hydrogens is 225 g/mol. The van der Waals surface area contributed by atoms with Crippen LogP contribution >= 0.6 is 0 Å². The lowest BCUT2D eigenvalue weighted by Gasteiger charge is -2.17. The minimum absolute atomic E-state index is 0.0861. The third-order valence-corrected chi connectivity index (χ3v) is 2.67. The summed E-state index contributed by atoms with van der Waals surface area (Å²) in [5, 5.41) is 8.57. The van der Waals surface area contributed by atoms with Crippen LogP contribution in [0.25, 0.3) is 0 Å². The Kier molecular flexibility index (Phi) is 4.45. The lowest BCUT2D eigenvalue weighted by molar-refractivity contribution is -0.137. The Bertz CT molecular complexity index is 420. The second-order valence-corrected chi connectivity index (χ2v) is 3.83. The van der Waals surface area contributed by atoms with Gasteiger partial charge in [0.25, 0.3) is 0 Å². The summed E-state index contributed by atoms with van der Waals surface area (Å²) in [5.41, 5.74) is 6.75. The van der Waals surface area contributed by atoms with Gasteiger partial charge in [-0.1, -0.05) is 0 Å². The second-order valence-electron chi connectivity index (χ2n) is 3.83. The molecule has 0 saturated heterocycles. The van der Waals surface area contributed by atoms with Crippen molar-refractivity contribution < 1.29 is 19.0 Å². The molecule has 0 aliphatic rings. The van der Waals surface area contributed by atoms with E-state index in [2.05, 4.69) is 0 Å². The fourth-order valence-corrected chi connectivity index (χ4v) is 1.78. The van der Waals surface area contributed by atoms with E-state index in [9.17, 15) is 9.18 Å². The molecule has 0 aliphatic heterocycles. The van der Waals surface area contributed by atoms with Gasteiger partial charge in [0.2, 0.25) is 0 Å². The first-order valence-electron chi connectivity index (χ1n) is 5.27. The number of hydrogen-bond acceptors (Lipinski definition) is 3. The highest BCUT2D eigenvalue weighted by Crippen LogP contribution is 2.29. The fraction of sp³-hybridized carbons (Fsp3) is 0.417. The van der Waals surface area contributed by atoms with Gasteiger partial charge in [0.05, 0.1) is 7.11 Å². The number of benzene rings is 1. The van der Waals surface area contributed by atoms with Crippen LogP contribution in [0.5, 0.6) is 5.75 Å². The van der Waals surface area contributed by atoms with E-state index in [1.165, 1.54) is 19.2 Å². The van der Waals surface area contributed by atoms with E-state index in [1.54, 1.807) is 6.92 Å². The number of halogens is 1. The van der Waals surface area contributed by atoms with Gasteiger partial charge in [0, 0.05) is 18.0 Å². The topological polar surface area (TPSA) is 72.5 Å². The normalized spacial score (nSPS) is 12.2. The number of carboxylic acid groups (broad SMARTS) is 1. The third-order valence-electron chi connectivity index (χ3n) is 2.67. The summed E-state index contributed by atoms with van der Waals surface area (Å²) in [5.74, 6) is -0.824. The number of carbonyl (C=O) groups is 1. The monoisotopic (exact) mass is 241 g/mol. The van der Waals surface area contributed by atoms with Gasteiger partial charge in [0.15, 0.2) is 0 Å². The molecule has 5 heteroatoms. The van der Waals surface area contributed by atoms with Crippen molar-refractivity contribution in [1.29, 1.82) is 0 Å². The van der Waals surface area contributed by atoms with Gasteiger partial charge >= 0.3 is 5.97 Å². The van der Waals surface area contributed by atoms with Crippen LogP contribution in [0.1, 0.15) is 30.0 Å². The number of nitrogens with two attached hydrogens (primary N) is 1. The Balaban J connectivity index is 2.99. The van der Waals surface area contributed by atoms with Crippen LogP contribution in [0.15, 0.2) is 12.1 Å². The van der Waals surface area contributed by atoms with E-state index >= 15 is 0 Å². The van der Waals surface area contributed by atoms with E-state index in [0.717, 1.165) is 0 Å². The Labute approximate surface area is 99.2 Å². The molecule has 17 heavy (non-hydrogen) atoms. The Morgan fingerprint density at radius 3 is 2.76 bits per heavy atom. The molecule has 0 amide bonds. The number of ether oxygens (including phenoxy) is 1. The van der Waals surface area contributed by atoms with Crippen molar-refractivity contribution in [2.75, 3.05) is 7.11 Å². The molecule has 1 atom stereocenters. The van der Waals surface area contributed by atoms with Crippen LogP contribution < -0.4 is 10.5 Å². The maximum atomic E-state index is 13.7. The Morgan fingerprint density at radius 1 is 1.59 bits per heavy atom. The number of carboxylic acids is 1. The Morgan fingerprint density at radius 2 is 2.24 bits per heavy atom. The summed E-state index contributed by atoms with van der Waals surface area (Å²) in [4.78, 5) is 10.5. The maximum Gasteiger partial charge on any atom is 0.303 e. The quantitative estimate of drug-likeness (QED) is 0.827. The largest absolute Gasteiger partial charge is 0.496 e. The molecule has 0 aromatic heterocycles. The van der Waals surface area contributed by atoms with Crippen LogP contribution in [0, 0.1) is 12.7 Å². The number of aliphatic carboxylic acids is 1. The van der Waals surface area contributed by atoms with Crippen molar-refractivity contribution in [1.82, 2.24) is 0 Å². The van der Waals surface area contributed by atoms with Gasteiger partial charge in [-0.25, -0.2) is 4.39 Å². The van der Waals surface area contributed by atoms with Gasteiger partial charge in [-0.15, -0.1) is 0 Å². The molecule has 0 aliphatic carbocycles. The molecule has 0 fully saturated rings. The summed E-state index contributed by atoms with van der Waals surface area (Å²) in [6.45, 7) is 1.71. The Hall–Kier alpha value is -1.62. The van der Waals surface area contributed by atoms with E-state index in [1.807, 2.05) is 0 Å². The molecule has 4 nitrogen and oxygen atoms in total. The van der Waals surface area contributed by atoms with Crippen molar-refractivity contribution in [3.8, 4) is 5.75 Å². The highest BCUT2D eigenvalue weighted by Gasteiger charge is 2.18. The van der Waals surface area contributed by atoms with Gasteiger partial charge in [0.1, 0.15) is 11.6 Å². The van der Waals surface area contributed by atoms with Crippen molar-refractivity contribution in [2.24, 2.45) is 5.73 Å². The minimum atomic E-state index is -0.943. The number of hydrogen-bond donors (Lipinski definition) is 2. The molecule has 1 rings (SSSR count). The van der Waals surface area contributed by atoms with Crippen LogP contribution in [-0.4, -0.2) is 18.2 Å². The molecular formula is C12H16FNO3. The van der Waals surface area contributed by atoms with E-state index < -0.39 is 17.8 Å². The summed E-state index contributed by atoms with van der Waals surface area (Å²) < 4.78 is 18.7. The van der Waals surface area contributed by atoms with Gasteiger partial charge in [-0.05, 0) is 31.0 Å². The highest BCUT2D eigenvalue weighted by atomic mass is 19.1. The standard InChI is InChI=1S/C12H16FNO3/c1-7-10(17-2)5-3-8(13)12(7)9(14)4-6-11(15)16/h3,5,9H,4,6,14H2,1-2H3,(H,15,16). The van der Waals surface area contributed by atoms with Gasteiger partial charge in [-0.2, -0.15) is 0 Å². The minimum Gasteiger partial charge on any atom is -0.496 e. The molecule has 1 unspecified atom stereocenters. The zero-order valence-electron chi connectivity index (χ0n) is 9.87. The number of rotatable bonds is 5. The van der Waals surface area contributed by atoms with Gasteiger partial charge < -0.3 is 15.6 Å². The van der Waals surface area contributed by atoms with Crippen molar-refractivity contribution in [2.45, 2.75) is 25.8 Å². The second kappa shape index (κ2) is 5.63. The van der Waals surface area contributed by atoms with E-state index in [4.69, 9.17) is 15.6 Å². The molecule has 3 N–H and O–H groups in total. The zero-order valence-corrected chi connectivity index (χ0v) is 9.87. The first-order chi connectivity index (χ1) is 7.97. The lowest BCUT2D eigenvalue weighted by Crippen LogP contribution is -2.15. The van der Waals surface area contributed by atoms with E-state index in [-0.39, 0.29) is 12.8 Å². The summed E-state index contributed by atoms with van der Waals surface area (Å²) in [6.07, 6.45) is 0.109. The van der Waals surface area contributed by atoms with Crippen molar-refractivity contribution in [3.05, 3.63) is 29.1 Å². The molecule has 0 heterocycles. The summed E-state index contributed by atoms with van der Waals surface area (Å²) in [7, 11) is 1.49. The fourth-order valence-electron chi connectivity index (χ4n) is 1.78. The van der Waals surface area contributed by atoms with Crippen LogP contribution in [0.2, 0.25) is 0 Å².